The van der Waals surface area contributed by atoms with Crippen LogP contribution in [0.1, 0.15) is 18.6 Å². The Morgan fingerprint density at radius 3 is 2.85 bits per heavy atom. The van der Waals surface area contributed by atoms with E-state index in [-0.39, 0.29) is 12.0 Å². The molecule has 2 aliphatic rings. The van der Waals surface area contributed by atoms with Crippen molar-refractivity contribution in [2.24, 2.45) is 4.99 Å². The Morgan fingerprint density at radius 1 is 1.37 bits per heavy atom. The molecular formula is C19H16BrIN2O3S. The van der Waals surface area contributed by atoms with Crippen LogP contribution in [0.5, 0.6) is 0 Å². The number of carbonyl (C=O) groups excluding carboxylic acids is 1. The molecule has 0 saturated carbocycles. The van der Waals surface area contributed by atoms with Gasteiger partial charge in [-0.05, 0) is 58.7 Å². The van der Waals surface area contributed by atoms with Crippen molar-refractivity contribution in [2.45, 2.75) is 18.9 Å². The number of rotatable bonds is 4. The SMILES string of the molecule is O=C1/C(=C\c2cc(Br)c(I)o2)SC(=Nc2ccccc2)N1C[C@H]1CCCO1. The molecule has 0 spiro atoms. The van der Waals surface area contributed by atoms with Crippen molar-refractivity contribution in [1.29, 1.82) is 0 Å². The van der Waals surface area contributed by atoms with Gasteiger partial charge in [0, 0.05) is 35.3 Å². The van der Waals surface area contributed by atoms with E-state index in [4.69, 9.17) is 14.1 Å². The van der Waals surface area contributed by atoms with Crippen LogP contribution in [0.2, 0.25) is 0 Å². The molecule has 0 bridgehead atoms. The highest BCUT2D eigenvalue weighted by molar-refractivity contribution is 14.1. The summed E-state index contributed by atoms with van der Waals surface area (Å²) >= 11 is 6.91. The van der Waals surface area contributed by atoms with Gasteiger partial charge in [0.05, 0.1) is 27.7 Å². The van der Waals surface area contributed by atoms with E-state index in [2.05, 4.69) is 38.5 Å². The summed E-state index contributed by atoms with van der Waals surface area (Å²) in [6.45, 7) is 1.28. The first-order valence-corrected chi connectivity index (χ1v) is 11.2. The van der Waals surface area contributed by atoms with Crippen LogP contribution in [-0.4, -0.2) is 35.2 Å². The van der Waals surface area contributed by atoms with Gasteiger partial charge in [0.15, 0.2) is 8.93 Å². The Hall–Kier alpha value is -1.10. The van der Waals surface area contributed by atoms with Gasteiger partial charge in [-0.25, -0.2) is 4.99 Å². The summed E-state index contributed by atoms with van der Waals surface area (Å²) in [5.41, 5.74) is 0.821. The minimum absolute atomic E-state index is 0.0623. The summed E-state index contributed by atoms with van der Waals surface area (Å²) in [6.07, 6.45) is 3.84. The van der Waals surface area contributed by atoms with Gasteiger partial charge in [-0.15, -0.1) is 0 Å². The molecule has 2 fully saturated rings. The minimum atomic E-state index is -0.0623. The van der Waals surface area contributed by atoms with Crippen LogP contribution >= 0.6 is 50.3 Å². The fraction of sp³-hybridized carbons (Fsp3) is 0.263. The quantitative estimate of drug-likeness (QED) is 0.371. The van der Waals surface area contributed by atoms with E-state index in [1.54, 1.807) is 11.0 Å². The molecule has 0 radical (unpaired) electrons. The molecule has 2 saturated heterocycles. The summed E-state index contributed by atoms with van der Waals surface area (Å²) in [5.74, 6) is 0.577. The second-order valence-electron chi connectivity index (χ2n) is 6.16. The van der Waals surface area contributed by atoms with Crippen molar-refractivity contribution >= 4 is 73.1 Å². The first-order chi connectivity index (χ1) is 13.1. The molecule has 2 aromatic rings. The predicted octanol–water partition coefficient (Wildman–Crippen LogP) is 5.43. The van der Waals surface area contributed by atoms with E-state index in [1.807, 2.05) is 36.4 Å². The van der Waals surface area contributed by atoms with Crippen molar-refractivity contribution in [3.63, 3.8) is 0 Å². The second kappa shape index (κ2) is 8.50. The maximum Gasteiger partial charge on any atom is 0.266 e. The topological polar surface area (TPSA) is 55.0 Å². The van der Waals surface area contributed by atoms with Gasteiger partial charge < -0.3 is 9.15 Å². The molecule has 0 N–H and O–H groups in total. The molecule has 2 aliphatic heterocycles. The Morgan fingerprint density at radius 2 is 2.19 bits per heavy atom. The normalized spacial score (nSPS) is 23.1. The van der Waals surface area contributed by atoms with Crippen LogP contribution in [-0.2, 0) is 9.53 Å². The maximum absolute atomic E-state index is 13.0. The van der Waals surface area contributed by atoms with E-state index in [0.29, 0.717) is 22.4 Å². The molecule has 0 aliphatic carbocycles. The molecule has 140 valence electrons. The van der Waals surface area contributed by atoms with Crippen molar-refractivity contribution in [1.82, 2.24) is 4.90 Å². The first-order valence-electron chi connectivity index (χ1n) is 8.52. The summed E-state index contributed by atoms with van der Waals surface area (Å²) in [7, 11) is 0. The highest BCUT2D eigenvalue weighted by Crippen LogP contribution is 2.36. The van der Waals surface area contributed by atoms with Gasteiger partial charge in [-0.1, -0.05) is 18.2 Å². The fourth-order valence-electron chi connectivity index (χ4n) is 2.92. The Kier molecular flexibility index (Phi) is 6.05. The standard InChI is InChI=1S/C19H16BrIN2O3S/c20-15-9-14(26-17(15)21)10-16-18(24)23(11-13-7-4-8-25-13)19(27-16)22-12-5-2-1-3-6-12/h1-3,5-6,9-10,13H,4,7-8,11H2/b16-10+,22-19?/t13-/m1/s1. The Balaban J connectivity index is 1.65. The fourth-order valence-corrected chi connectivity index (χ4v) is 4.63. The van der Waals surface area contributed by atoms with Crippen LogP contribution in [0.3, 0.4) is 0 Å². The molecule has 8 heteroatoms. The van der Waals surface area contributed by atoms with E-state index in [9.17, 15) is 4.79 Å². The third kappa shape index (κ3) is 4.49. The lowest BCUT2D eigenvalue weighted by molar-refractivity contribution is -0.123. The van der Waals surface area contributed by atoms with Crippen molar-refractivity contribution in [2.75, 3.05) is 13.2 Å². The average molecular weight is 559 g/mol. The summed E-state index contributed by atoms with van der Waals surface area (Å²) in [5, 5.41) is 0.674. The lowest BCUT2D eigenvalue weighted by atomic mass is 10.2. The molecule has 0 unspecified atom stereocenters. The predicted molar refractivity (Wildman–Crippen MR) is 119 cm³/mol. The number of benzene rings is 1. The Labute approximate surface area is 183 Å². The van der Waals surface area contributed by atoms with Crippen LogP contribution in [0.15, 0.2) is 55.2 Å². The molecule has 5 nitrogen and oxygen atoms in total. The van der Waals surface area contributed by atoms with Crippen LogP contribution in [0, 0.1) is 3.77 Å². The van der Waals surface area contributed by atoms with Gasteiger partial charge >= 0.3 is 0 Å². The number of amides is 1. The van der Waals surface area contributed by atoms with Crippen LogP contribution in [0.4, 0.5) is 5.69 Å². The molecule has 1 amide bonds. The van der Waals surface area contributed by atoms with Crippen molar-refractivity contribution < 1.29 is 13.9 Å². The lowest BCUT2D eigenvalue weighted by Gasteiger charge is -2.19. The number of thioether (sulfide) groups is 1. The van der Waals surface area contributed by atoms with Gasteiger partial charge in [0.1, 0.15) is 5.76 Å². The van der Waals surface area contributed by atoms with Gasteiger partial charge in [0.25, 0.3) is 5.91 Å². The van der Waals surface area contributed by atoms with Gasteiger partial charge in [-0.3, -0.25) is 9.69 Å². The highest BCUT2D eigenvalue weighted by Gasteiger charge is 2.36. The maximum atomic E-state index is 13.0. The number of furan rings is 1. The summed E-state index contributed by atoms with van der Waals surface area (Å²) < 4.78 is 13.0. The number of para-hydroxylation sites is 1. The summed E-state index contributed by atoms with van der Waals surface area (Å²) in [6, 6.07) is 11.5. The van der Waals surface area contributed by atoms with Crippen molar-refractivity contribution in [3.8, 4) is 0 Å². The van der Waals surface area contributed by atoms with E-state index >= 15 is 0 Å². The molecule has 3 heterocycles. The van der Waals surface area contributed by atoms with Gasteiger partial charge in [-0.2, -0.15) is 0 Å². The number of hydrogen-bond acceptors (Lipinski definition) is 5. The molecule has 27 heavy (non-hydrogen) atoms. The number of amidine groups is 1. The molecule has 4 rings (SSSR count). The monoisotopic (exact) mass is 558 g/mol. The lowest BCUT2D eigenvalue weighted by Crippen LogP contribution is -2.36. The number of carbonyl (C=O) groups is 1. The minimum Gasteiger partial charge on any atom is -0.450 e. The number of ether oxygens (including phenoxy) is 1. The number of halogens is 2. The number of nitrogens with zero attached hydrogens (tertiary/aromatic N) is 2. The molecule has 1 aromatic carbocycles. The summed E-state index contributed by atoms with van der Waals surface area (Å²) in [4.78, 5) is 20.1. The molecular weight excluding hydrogens is 543 g/mol. The zero-order valence-corrected chi connectivity index (χ0v) is 18.8. The van der Waals surface area contributed by atoms with E-state index in [0.717, 1.165) is 33.4 Å². The Bertz CT molecular complexity index is 887. The average Bonchev–Trinajstić information content (AvgIpc) is 3.35. The highest BCUT2D eigenvalue weighted by atomic mass is 127. The zero-order valence-electron chi connectivity index (χ0n) is 14.2. The van der Waals surface area contributed by atoms with Crippen molar-refractivity contribution in [3.05, 3.63) is 55.3 Å². The molecule has 1 aromatic heterocycles. The first kappa shape index (κ1) is 19.2. The zero-order chi connectivity index (χ0) is 18.8. The second-order valence-corrected chi connectivity index (χ2v) is 9.00. The van der Waals surface area contributed by atoms with E-state index < -0.39 is 0 Å². The van der Waals surface area contributed by atoms with Crippen LogP contribution < -0.4 is 0 Å². The number of hydrogen-bond donors (Lipinski definition) is 0. The number of aliphatic imine (C=N–C) groups is 1. The third-order valence-electron chi connectivity index (χ3n) is 4.22. The van der Waals surface area contributed by atoms with Gasteiger partial charge in [0.2, 0.25) is 0 Å². The van der Waals surface area contributed by atoms with E-state index in [1.165, 1.54) is 11.8 Å². The molecule has 1 atom stereocenters. The van der Waals surface area contributed by atoms with Crippen LogP contribution in [0.25, 0.3) is 6.08 Å². The smallest absolute Gasteiger partial charge is 0.266 e. The largest absolute Gasteiger partial charge is 0.450 e. The third-order valence-corrected chi connectivity index (χ3v) is 7.35.